The number of nitrogens with zero attached hydrogens (tertiary/aromatic N) is 2. The summed E-state index contributed by atoms with van der Waals surface area (Å²) < 4.78 is 0. The van der Waals surface area contributed by atoms with Gasteiger partial charge in [-0.3, -0.25) is 10.1 Å². The third-order valence-electron chi connectivity index (χ3n) is 1.16. The smallest absolute Gasteiger partial charge is 0.258 e. The predicted octanol–water partition coefficient (Wildman–Crippen LogP) is 2.83. The van der Waals surface area contributed by atoms with Gasteiger partial charge in [0.1, 0.15) is 11.6 Å². The van der Waals surface area contributed by atoms with Crippen LogP contribution in [0.2, 0.25) is 0 Å². The van der Waals surface area contributed by atoms with Gasteiger partial charge in [0.25, 0.3) is 5.70 Å². The molecule has 0 aliphatic carbocycles. The molecule has 0 aromatic rings. The molecule has 0 N–H and O–H groups in total. The van der Waals surface area contributed by atoms with Gasteiger partial charge < -0.3 is 0 Å². The van der Waals surface area contributed by atoms with Crippen LogP contribution in [0.15, 0.2) is 36.1 Å². The van der Waals surface area contributed by atoms with Crippen LogP contribution in [-0.2, 0) is 0 Å². The van der Waals surface area contributed by atoms with Crippen LogP contribution in [0.1, 0.15) is 20.8 Å². The Morgan fingerprint density at radius 2 is 2.07 bits per heavy atom. The van der Waals surface area contributed by atoms with Gasteiger partial charge >= 0.3 is 0 Å². The number of allylic oxidation sites excluding steroid dienone is 4. The average Bonchev–Trinajstić information content (AvgIpc) is 2.21. The van der Waals surface area contributed by atoms with Gasteiger partial charge in [0.15, 0.2) is 0 Å². The van der Waals surface area contributed by atoms with E-state index in [2.05, 4.69) is 6.58 Å². The lowest BCUT2D eigenvalue weighted by molar-refractivity contribution is -0.420. The van der Waals surface area contributed by atoms with Gasteiger partial charge in [-0.2, -0.15) is 5.26 Å². The second-order valence-corrected chi connectivity index (χ2v) is 1.86. The van der Waals surface area contributed by atoms with Crippen LogP contribution < -0.4 is 0 Å². The highest BCUT2D eigenvalue weighted by atomic mass is 16.6. The van der Waals surface area contributed by atoms with Gasteiger partial charge in [0.2, 0.25) is 0 Å². The van der Waals surface area contributed by atoms with Gasteiger partial charge in [0.05, 0.1) is 4.92 Å². The van der Waals surface area contributed by atoms with Gasteiger partial charge in [-0.05, 0) is 6.92 Å². The van der Waals surface area contributed by atoms with Crippen LogP contribution in [0.3, 0.4) is 0 Å². The first-order chi connectivity index (χ1) is 6.67. The molecule has 0 fully saturated rings. The van der Waals surface area contributed by atoms with Crippen molar-refractivity contribution in [1.29, 1.82) is 5.26 Å². The molecule has 0 radical (unpaired) electrons. The van der Waals surface area contributed by atoms with Crippen molar-refractivity contribution < 1.29 is 4.92 Å². The molecule has 0 spiro atoms. The fourth-order valence-corrected chi connectivity index (χ4v) is 0.630. The minimum absolute atomic E-state index is 0.0416. The molecular weight excluding hydrogens is 180 g/mol. The second kappa shape index (κ2) is 9.20. The maximum absolute atomic E-state index is 10.3. The van der Waals surface area contributed by atoms with Crippen LogP contribution in [-0.4, -0.2) is 4.92 Å². The first kappa shape index (κ1) is 14.6. The molecule has 14 heavy (non-hydrogen) atoms. The Kier molecular flexibility index (Phi) is 9.61. The lowest BCUT2D eigenvalue weighted by atomic mass is 10.2. The number of rotatable bonds is 3. The highest BCUT2D eigenvalue weighted by molar-refractivity contribution is 5.38. The topological polar surface area (TPSA) is 66.9 Å². The molecule has 0 unspecified atom stereocenters. The van der Waals surface area contributed by atoms with Crippen LogP contribution in [0, 0.1) is 21.4 Å². The van der Waals surface area contributed by atoms with E-state index in [0.29, 0.717) is 0 Å². The zero-order chi connectivity index (χ0) is 11.6. The molecule has 4 heteroatoms. The van der Waals surface area contributed by atoms with Gasteiger partial charge in [0, 0.05) is 6.08 Å². The minimum Gasteiger partial charge on any atom is -0.258 e. The average molecular weight is 194 g/mol. The summed E-state index contributed by atoms with van der Waals surface area (Å²) in [6.45, 7) is 8.88. The fourth-order valence-electron chi connectivity index (χ4n) is 0.630. The van der Waals surface area contributed by atoms with E-state index in [1.165, 1.54) is 18.2 Å². The van der Waals surface area contributed by atoms with Crippen molar-refractivity contribution in [3.63, 3.8) is 0 Å². The molecule has 0 rings (SSSR count). The fraction of sp³-hybridized carbons (Fsp3) is 0.300. The second-order valence-electron chi connectivity index (χ2n) is 1.86. The highest BCUT2D eigenvalue weighted by Gasteiger charge is 2.14. The summed E-state index contributed by atoms with van der Waals surface area (Å²) in [5.74, 6) is 0. The Morgan fingerprint density at radius 1 is 1.57 bits per heavy atom. The zero-order valence-electron chi connectivity index (χ0n) is 8.65. The van der Waals surface area contributed by atoms with Gasteiger partial charge in [-0.1, -0.05) is 32.6 Å². The SMILES string of the molecule is C=C/C=C(\C(C#N)=C/C)[N+](=O)[O-].CC. The Labute approximate surface area is 84.0 Å². The maximum atomic E-state index is 10.3. The summed E-state index contributed by atoms with van der Waals surface area (Å²) in [4.78, 5) is 9.74. The first-order valence-electron chi connectivity index (χ1n) is 4.21. The molecule has 0 heterocycles. The highest BCUT2D eigenvalue weighted by Crippen LogP contribution is 2.09. The Morgan fingerprint density at radius 3 is 2.29 bits per heavy atom. The summed E-state index contributed by atoms with van der Waals surface area (Å²) in [5.41, 5.74) is -0.185. The standard InChI is InChI=1S/C8H8N2O2.C2H6/c1-3-5-8(10(11)12)7(4-2)6-9;1-2/h3-5H,1H2,2H3;1-2H3/b7-4-,8-5+;. The number of hydrogen-bond donors (Lipinski definition) is 0. The van der Waals surface area contributed by atoms with Crippen molar-refractivity contribution in [3.05, 3.63) is 46.2 Å². The van der Waals surface area contributed by atoms with Crippen molar-refractivity contribution in [3.8, 4) is 6.07 Å². The number of nitriles is 1. The molecule has 0 bridgehead atoms. The lowest BCUT2D eigenvalue weighted by Crippen LogP contribution is -2.00. The molecule has 0 saturated heterocycles. The lowest BCUT2D eigenvalue weighted by Gasteiger charge is -1.92. The van der Waals surface area contributed by atoms with Crippen LogP contribution >= 0.6 is 0 Å². The summed E-state index contributed by atoms with van der Waals surface area (Å²) in [6.07, 6.45) is 3.86. The summed E-state index contributed by atoms with van der Waals surface area (Å²) in [5, 5.41) is 18.8. The Hall–Kier alpha value is -1.89. The molecule has 0 aromatic carbocycles. The molecule has 0 amide bonds. The van der Waals surface area contributed by atoms with Crippen molar-refractivity contribution in [2.45, 2.75) is 20.8 Å². The summed E-state index contributed by atoms with van der Waals surface area (Å²) in [7, 11) is 0. The molecule has 0 atom stereocenters. The van der Waals surface area contributed by atoms with Crippen molar-refractivity contribution in [1.82, 2.24) is 0 Å². The third-order valence-corrected chi connectivity index (χ3v) is 1.16. The number of nitro groups is 1. The van der Waals surface area contributed by atoms with E-state index in [9.17, 15) is 10.1 Å². The maximum Gasteiger partial charge on any atom is 0.286 e. The number of hydrogen-bond acceptors (Lipinski definition) is 3. The predicted molar refractivity (Wildman–Crippen MR) is 56.0 cm³/mol. The van der Waals surface area contributed by atoms with Crippen LogP contribution in [0.25, 0.3) is 0 Å². The third kappa shape index (κ3) is 4.88. The van der Waals surface area contributed by atoms with E-state index in [0.717, 1.165) is 0 Å². The van der Waals surface area contributed by atoms with Crippen molar-refractivity contribution in [2.75, 3.05) is 0 Å². The van der Waals surface area contributed by atoms with Crippen molar-refractivity contribution in [2.24, 2.45) is 0 Å². The molecular formula is C10H14N2O2. The molecule has 0 aromatic heterocycles. The molecule has 76 valence electrons. The van der Waals surface area contributed by atoms with E-state index >= 15 is 0 Å². The van der Waals surface area contributed by atoms with Gasteiger partial charge in [-0.15, -0.1) is 0 Å². The summed E-state index contributed by atoms with van der Waals surface area (Å²) >= 11 is 0. The van der Waals surface area contributed by atoms with E-state index in [1.54, 1.807) is 13.0 Å². The Bertz CT molecular complexity index is 296. The van der Waals surface area contributed by atoms with E-state index < -0.39 is 4.92 Å². The largest absolute Gasteiger partial charge is 0.286 e. The van der Waals surface area contributed by atoms with E-state index in [1.807, 2.05) is 13.8 Å². The summed E-state index contributed by atoms with van der Waals surface area (Å²) in [6, 6.07) is 1.72. The van der Waals surface area contributed by atoms with Crippen LogP contribution in [0.4, 0.5) is 0 Å². The minimum atomic E-state index is -0.611. The molecule has 0 aliphatic heterocycles. The van der Waals surface area contributed by atoms with E-state index in [-0.39, 0.29) is 11.3 Å². The molecule has 4 nitrogen and oxygen atoms in total. The molecule has 0 saturated carbocycles. The van der Waals surface area contributed by atoms with Gasteiger partial charge in [-0.25, -0.2) is 0 Å². The Balaban J connectivity index is 0. The quantitative estimate of drug-likeness (QED) is 0.300. The normalized spacial score (nSPS) is 10.7. The van der Waals surface area contributed by atoms with E-state index in [4.69, 9.17) is 5.26 Å². The van der Waals surface area contributed by atoms with Crippen LogP contribution in [0.5, 0.6) is 0 Å². The molecule has 0 aliphatic rings. The zero-order valence-corrected chi connectivity index (χ0v) is 8.65. The van der Waals surface area contributed by atoms with Crippen molar-refractivity contribution >= 4 is 0 Å². The first-order valence-corrected chi connectivity index (χ1v) is 4.21. The monoisotopic (exact) mass is 194 g/mol.